The Hall–Kier alpha value is -3.16. The van der Waals surface area contributed by atoms with E-state index in [-0.39, 0.29) is 18.1 Å². The number of amides is 1. The number of nitrogens with zero attached hydrogens (tertiary/aromatic N) is 2. The van der Waals surface area contributed by atoms with E-state index in [0.29, 0.717) is 46.1 Å². The van der Waals surface area contributed by atoms with E-state index >= 15 is 0 Å². The average Bonchev–Trinajstić information content (AvgIpc) is 2.88. The molecule has 3 aromatic rings. The minimum absolute atomic E-state index is 0.277. The van der Waals surface area contributed by atoms with Crippen LogP contribution in [-0.4, -0.2) is 55.5 Å². The van der Waals surface area contributed by atoms with Crippen LogP contribution >= 0.6 is 0 Å². The number of hydrogen-bond acceptors (Lipinski definition) is 6. The predicted octanol–water partition coefficient (Wildman–Crippen LogP) is 5.13. The van der Waals surface area contributed by atoms with Crippen LogP contribution in [0.1, 0.15) is 30.7 Å². The van der Waals surface area contributed by atoms with Gasteiger partial charge in [0.25, 0.3) is 0 Å². The maximum atomic E-state index is 12.3. The quantitative estimate of drug-likeness (QED) is 0.424. The molecule has 0 radical (unpaired) electrons. The van der Waals surface area contributed by atoms with Gasteiger partial charge in [0.05, 0.1) is 37.6 Å². The highest BCUT2D eigenvalue weighted by Gasteiger charge is 2.25. The van der Waals surface area contributed by atoms with Gasteiger partial charge in [-0.3, -0.25) is 0 Å². The number of morpholine rings is 1. The van der Waals surface area contributed by atoms with E-state index < -0.39 is 0 Å². The van der Waals surface area contributed by atoms with E-state index in [1.54, 1.807) is 4.90 Å². The van der Waals surface area contributed by atoms with Crippen LogP contribution < -0.4 is 4.74 Å². The van der Waals surface area contributed by atoms with E-state index in [9.17, 15) is 4.79 Å². The second-order valence-electron chi connectivity index (χ2n) is 9.62. The normalized spacial score (nSPS) is 14.2. The van der Waals surface area contributed by atoms with Crippen molar-refractivity contribution in [2.24, 2.45) is 5.41 Å². The first-order valence-corrected chi connectivity index (χ1v) is 12.0. The van der Waals surface area contributed by atoms with Crippen molar-refractivity contribution in [2.45, 2.75) is 34.0 Å². The van der Waals surface area contributed by atoms with Crippen molar-refractivity contribution in [1.29, 1.82) is 0 Å². The third-order valence-corrected chi connectivity index (χ3v) is 5.99. The van der Waals surface area contributed by atoms with Crippen LogP contribution in [0.3, 0.4) is 0 Å². The Balaban J connectivity index is 1.38. The number of carbonyl (C=O) groups excluding carboxylic acids is 1. The first-order chi connectivity index (χ1) is 16.9. The van der Waals surface area contributed by atoms with Crippen molar-refractivity contribution in [3.63, 3.8) is 0 Å². The largest absolute Gasteiger partial charge is 0.488 e. The fourth-order valence-corrected chi connectivity index (χ4v) is 3.94. The number of fused-ring (bicyclic) bond motifs is 1. The lowest BCUT2D eigenvalue weighted by atomic mass is 9.96. The van der Waals surface area contributed by atoms with Crippen molar-refractivity contribution in [3.8, 4) is 5.75 Å². The molecule has 0 unspecified atom stereocenters. The number of pyridine rings is 1. The van der Waals surface area contributed by atoms with Crippen LogP contribution in [-0.2, 0) is 27.4 Å². The Morgan fingerprint density at radius 1 is 1.00 bits per heavy atom. The Morgan fingerprint density at radius 2 is 1.71 bits per heavy atom. The van der Waals surface area contributed by atoms with E-state index in [4.69, 9.17) is 23.9 Å². The van der Waals surface area contributed by atoms with Gasteiger partial charge in [-0.05, 0) is 24.6 Å². The molecule has 0 N–H and O–H groups in total. The van der Waals surface area contributed by atoms with Crippen molar-refractivity contribution in [3.05, 3.63) is 71.4 Å². The number of rotatable bonds is 9. The Kier molecular flexibility index (Phi) is 8.21. The van der Waals surface area contributed by atoms with Gasteiger partial charge in [0.2, 0.25) is 0 Å². The van der Waals surface area contributed by atoms with Gasteiger partial charge >= 0.3 is 6.09 Å². The zero-order chi connectivity index (χ0) is 24.7. The van der Waals surface area contributed by atoms with E-state index in [0.717, 1.165) is 33.5 Å². The summed E-state index contributed by atoms with van der Waals surface area (Å²) >= 11 is 0. The van der Waals surface area contributed by atoms with Gasteiger partial charge in [-0.25, -0.2) is 9.78 Å². The maximum absolute atomic E-state index is 12.3. The molecule has 1 saturated heterocycles. The summed E-state index contributed by atoms with van der Waals surface area (Å²) in [5.41, 5.74) is 3.46. The summed E-state index contributed by atoms with van der Waals surface area (Å²) in [5, 5.41) is 0.986. The molecule has 7 heteroatoms. The Bertz CT molecular complexity index is 1130. The van der Waals surface area contributed by atoms with Crippen LogP contribution in [0, 0.1) is 12.3 Å². The number of hydrogen-bond donors (Lipinski definition) is 0. The molecule has 1 aliphatic rings. The van der Waals surface area contributed by atoms with Gasteiger partial charge in [-0.15, -0.1) is 0 Å². The molecule has 1 aliphatic heterocycles. The lowest BCUT2D eigenvalue weighted by Gasteiger charge is -2.29. The molecule has 0 atom stereocenters. The molecule has 0 aliphatic carbocycles. The van der Waals surface area contributed by atoms with Crippen molar-refractivity contribution in [2.75, 3.05) is 39.5 Å². The van der Waals surface area contributed by atoms with Gasteiger partial charge in [0.1, 0.15) is 19.0 Å². The summed E-state index contributed by atoms with van der Waals surface area (Å²) in [5.74, 6) is 0.830. The summed E-state index contributed by atoms with van der Waals surface area (Å²) in [6.45, 7) is 9.84. The number of benzene rings is 2. The van der Waals surface area contributed by atoms with Gasteiger partial charge in [0.15, 0.2) is 0 Å². The molecule has 1 amide bonds. The first-order valence-electron chi connectivity index (χ1n) is 12.0. The average molecular weight is 479 g/mol. The molecule has 2 aromatic carbocycles. The fraction of sp³-hybridized carbons (Fsp3) is 0.429. The first kappa shape index (κ1) is 24.9. The molecule has 35 heavy (non-hydrogen) atoms. The Morgan fingerprint density at radius 3 is 2.49 bits per heavy atom. The van der Waals surface area contributed by atoms with Crippen LogP contribution in [0.15, 0.2) is 54.6 Å². The highest BCUT2D eigenvalue weighted by atomic mass is 16.6. The highest BCUT2D eigenvalue weighted by molar-refractivity contribution is 5.86. The van der Waals surface area contributed by atoms with E-state index in [1.807, 2.05) is 63.2 Å². The number of aromatic nitrogens is 1. The zero-order valence-corrected chi connectivity index (χ0v) is 20.8. The maximum Gasteiger partial charge on any atom is 0.409 e. The SMILES string of the molecule is Cc1c(COCC(C)(C)COC(=O)N2CCOCC2)nc2ccccc2c1OCc1ccccc1. The molecular weight excluding hydrogens is 444 g/mol. The lowest BCUT2D eigenvalue weighted by molar-refractivity contribution is -0.0100. The summed E-state index contributed by atoms with van der Waals surface area (Å²) in [6.07, 6.45) is -0.298. The predicted molar refractivity (Wildman–Crippen MR) is 134 cm³/mol. The summed E-state index contributed by atoms with van der Waals surface area (Å²) in [4.78, 5) is 18.8. The van der Waals surface area contributed by atoms with Gasteiger partial charge in [-0.1, -0.05) is 56.3 Å². The molecule has 1 fully saturated rings. The summed E-state index contributed by atoms with van der Waals surface area (Å²) < 4.78 is 23.2. The van der Waals surface area contributed by atoms with Crippen LogP contribution in [0.25, 0.3) is 10.9 Å². The van der Waals surface area contributed by atoms with E-state index in [2.05, 4.69) is 12.1 Å². The molecule has 186 valence electrons. The molecule has 1 aromatic heterocycles. The van der Waals surface area contributed by atoms with Gasteiger partial charge in [0, 0.05) is 29.5 Å². The van der Waals surface area contributed by atoms with Crippen molar-refractivity contribution < 1.29 is 23.7 Å². The molecule has 0 bridgehead atoms. The van der Waals surface area contributed by atoms with Crippen molar-refractivity contribution >= 4 is 17.0 Å². The second-order valence-corrected chi connectivity index (χ2v) is 9.62. The number of para-hydroxylation sites is 1. The third kappa shape index (κ3) is 6.71. The highest BCUT2D eigenvalue weighted by Crippen LogP contribution is 2.31. The molecule has 4 rings (SSSR count). The van der Waals surface area contributed by atoms with Crippen LogP contribution in [0.2, 0.25) is 0 Å². The minimum atomic E-state index is -0.334. The van der Waals surface area contributed by atoms with Crippen LogP contribution in [0.5, 0.6) is 5.75 Å². The third-order valence-electron chi connectivity index (χ3n) is 5.99. The van der Waals surface area contributed by atoms with E-state index in [1.165, 1.54) is 0 Å². The monoisotopic (exact) mass is 478 g/mol. The smallest absolute Gasteiger partial charge is 0.409 e. The topological polar surface area (TPSA) is 70.1 Å². The molecule has 0 saturated carbocycles. The molecule has 0 spiro atoms. The zero-order valence-electron chi connectivity index (χ0n) is 20.8. The summed E-state index contributed by atoms with van der Waals surface area (Å²) in [7, 11) is 0. The second kappa shape index (κ2) is 11.5. The number of ether oxygens (including phenoxy) is 4. The molecule has 2 heterocycles. The lowest BCUT2D eigenvalue weighted by Crippen LogP contribution is -2.42. The van der Waals surface area contributed by atoms with Gasteiger partial charge in [-0.2, -0.15) is 0 Å². The molecular formula is C28H34N2O5. The van der Waals surface area contributed by atoms with Crippen LogP contribution in [0.4, 0.5) is 4.79 Å². The Labute approximate surface area is 207 Å². The van der Waals surface area contributed by atoms with Gasteiger partial charge < -0.3 is 23.8 Å². The number of carbonyl (C=O) groups is 1. The van der Waals surface area contributed by atoms with Crippen molar-refractivity contribution in [1.82, 2.24) is 9.88 Å². The summed E-state index contributed by atoms with van der Waals surface area (Å²) in [6, 6.07) is 18.1. The molecule has 7 nitrogen and oxygen atoms in total. The standard InChI is InChI=1S/C28H34N2O5/c1-21-25(18-33-19-28(2,3)20-35-27(31)30-13-15-32-16-14-30)29-24-12-8-7-11-23(24)26(21)34-17-22-9-5-4-6-10-22/h4-12H,13-20H2,1-3H3. The minimum Gasteiger partial charge on any atom is -0.488 e. The fourth-order valence-electron chi connectivity index (χ4n) is 3.94.